The number of carbonyl (C=O) groups excluding carboxylic acids is 2. The number of nitrogens with zero attached hydrogens (tertiary/aromatic N) is 2. The van der Waals surface area contributed by atoms with Crippen molar-refractivity contribution in [3.63, 3.8) is 0 Å². The Kier molecular flexibility index (Phi) is 8.31. The molecule has 2 saturated heterocycles. The summed E-state index contributed by atoms with van der Waals surface area (Å²) >= 11 is 0. The number of hydrogen-bond acceptors (Lipinski definition) is 6. The first kappa shape index (κ1) is 28.6. The molecule has 44 heavy (non-hydrogen) atoms. The fraction of sp³-hybridized carbons (Fsp3) is 0.444. The summed E-state index contributed by atoms with van der Waals surface area (Å²) in [5, 5.41) is 0. The number of amides is 2. The molecule has 2 amide bonds. The Morgan fingerprint density at radius 2 is 1.30 bits per heavy atom. The van der Waals surface area contributed by atoms with Gasteiger partial charge in [0.1, 0.15) is 0 Å². The number of benzene rings is 2. The molecule has 4 aliphatic heterocycles. The van der Waals surface area contributed by atoms with Crippen LogP contribution in [0.5, 0.6) is 23.0 Å². The van der Waals surface area contributed by atoms with Gasteiger partial charge in [-0.2, -0.15) is 0 Å². The molecule has 4 heterocycles. The number of ether oxygens (including phenoxy) is 4. The zero-order valence-corrected chi connectivity index (χ0v) is 25.1. The van der Waals surface area contributed by atoms with Crippen molar-refractivity contribution in [1.82, 2.24) is 9.80 Å². The summed E-state index contributed by atoms with van der Waals surface area (Å²) in [6, 6.07) is 11.9. The highest BCUT2D eigenvalue weighted by Gasteiger charge is 2.53. The second-order valence-corrected chi connectivity index (χ2v) is 12.3. The normalized spacial score (nSPS) is 26.1. The van der Waals surface area contributed by atoms with Gasteiger partial charge in [-0.1, -0.05) is 42.5 Å². The first-order valence-corrected chi connectivity index (χ1v) is 16.1. The molecule has 1 aliphatic carbocycles. The number of piperidine rings is 2. The molecule has 2 aromatic rings. The number of likely N-dealkylation sites (tertiary alicyclic amines) is 2. The minimum Gasteiger partial charge on any atom is -0.454 e. The molecule has 3 fully saturated rings. The van der Waals surface area contributed by atoms with Crippen LogP contribution < -0.4 is 18.9 Å². The zero-order valence-electron chi connectivity index (χ0n) is 25.1. The van der Waals surface area contributed by atoms with Crippen molar-refractivity contribution in [2.24, 2.45) is 17.8 Å². The van der Waals surface area contributed by atoms with Crippen LogP contribution in [0.1, 0.15) is 55.6 Å². The number of carbonyl (C=O) groups is 2. The molecule has 0 spiro atoms. The average molecular weight is 597 g/mol. The fourth-order valence-electron chi connectivity index (χ4n) is 7.29. The largest absolute Gasteiger partial charge is 0.454 e. The van der Waals surface area contributed by atoms with E-state index >= 15 is 0 Å². The van der Waals surface area contributed by atoms with Gasteiger partial charge in [-0.25, -0.2) is 0 Å². The van der Waals surface area contributed by atoms with E-state index in [1.807, 2.05) is 53.5 Å². The van der Waals surface area contributed by atoms with Crippen LogP contribution >= 0.6 is 0 Å². The van der Waals surface area contributed by atoms with E-state index in [0.29, 0.717) is 5.75 Å². The van der Waals surface area contributed by atoms with Crippen molar-refractivity contribution in [3.8, 4) is 23.0 Å². The molecule has 5 aliphatic rings. The topological polar surface area (TPSA) is 77.5 Å². The van der Waals surface area contributed by atoms with Crippen LogP contribution in [0.2, 0.25) is 0 Å². The van der Waals surface area contributed by atoms with Crippen LogP contribution in [0.15, 0.2) is 66.8 Å². The van der Waals surface area contributed by atoms with Crippen LogP contribution in [0.3, 0.4) is 0 Å². The summed E-state index contributed by atoms with van der Waals surface area (Å²) in [5.41, 5.74) is 2.06. The van der Waals surface area contributed by atoms with E-state index in [9.17, 15) is 9.59 Å². The standard InChI is InChI=1S/C36H40N2O6/c39-33(37-17-5-1-6-18-37)16-13-28-27(10-4-3-9-25-11-14-29-31(21-25)43-23-41-29)35(36(40)38-19-7-2-8-20-38)34(28)26-12-15-30-32(22-26)44-24-42-30/h3-4,9-16,21-22,27-28,34-35H,1-2,5-8,17-20,23-24H2/t27-,28-,34+,35+/m1/s1. The molecule has 230 valence electrons. The average Bonchev–Trinajstić information content (AvgIpc) is 3.73. The van der Waals surface area contributed by atoms with E-state index < -0.39 is 0 Å². The molecule has 0 bridgehead atoms. The SMILES string of the molecule is O=C(C=C[C@@H]1[C@@H](C=CC=Cc2ccc3c(c2)OCO3)[C@H](C(=O)N2CCCCC2)[C@H]1c1ccc2c(c1)OCO2)N1CCCCC1. The molecule has 0 unspecified atom stereocenters. The van der Waals surface area contributed by atoms with Crippen molar-refractivity contribution in [1.29, 1.82) is 0 Å². The van der Waals surface area contributed by atoms with Gasteiger partial charge in [-0.05, 0) is 91.8 Å². The minimum absolute atomic E-state index is 0.0157. The molecular formula is C36H40N2O6. The lowest BCUT2D eigenvalue weighted by atomic mass is 9.53. The molecule has 2 aromatic carbocycles. The van der Waals surface area contributed by atoms with Crippen LogP contribution in [-0.2, 0) is 9.59 Å². The highest BCUT2D eigenvalue weighted by atomic mass is 16.7. The maximum absolute atomic E-state index is 14.2. The summed E-state index contributed by atoms with van der Waals surface area (Å²) in [6.07, 6.45) is 18.6. The molecule has 7 rings (SSSR count). The summed E-state index contributed by atoms with van der Waals surface area (Å²) in [4.78, 5) is 31.4. The third-order valence-corrected chi connectivity index (χ3v) is 9.65. The summed E-state index contributed by atoms with van der Waals surface area (Å²) < 4.78 is 22.3. The molecule has 1 saturated carbocycles. The Balaban J connectivity index is 1.18. The lowest BCUT2D eigenvalue weighted by Crippen LogP contribution is -2.53. The summed E-state index contributed by atoms with van der Waals surface area (Å²) in [6.45, 7) is 3.67. The molecule has 0 N–H and O–H groups in total. The van der Waals surface area contributed by atoms with E-state index in [-0.39, 0.29) is 49.1 Å². The third-order valence-electron chi connectivity index (χ3n) is 9.65. The van der Waals surface area contributed by atoms with E-state index in [2.05, 4.69) is 23.1 Å². The smallest absolute Gasteiger partial charge is 0.246 e. The Labute approximate surface area is 258 Å². The Bertz CT molecular complexity index is 1470. The molecule has 0 aromatic heterocycles. The van der Waals surface area contributed by atoms with Gasteiger partial charge in [0.25, 0.3) is 0 Å². The van der Waals surface area contributed by atoms with Crippen molar-refractivity contribution < 1.29 is 28.5 Å². The van der Waals surface area contributed by atoms with Crippen molar-refractivity contribution >= 4 is 17.9 Å². The van der Waals surface area contributed by atoms with Crippen LogP contribution in [0.4, 0.5) is 0 Å². The Hall–Kier alpha value is -4.20. The predicted molar refractivity (Wildman–Crippen MR) is 167 cm³/mol. The molecule has 0 radical (unpaired) electrons. The van der Waals surface area contributed by atoms with Gasteiger partial charge in [0, 0.05) is 32.1 Å². The van der Waals surface area contributed by atoms with Crippen molar-refractivity contribution in [2.75, 3.05) is 39.8 Å². The van der Waals surface area contributed by atoms with Gasteiger partial charge in [0.05, 0.1) is 5.92 Å². The number of hydrogen-bond donors (Lipinski definition) is 0. The summed E-state index contributed by atoms with van der Waals surface area (Å²) in [5.74, 6) is 2.84. The van der Waals surface area contributed by atoms with Gasteiger partial charge in [-0.15, -0.1) is 0 Å². The van der Waals surface area contributed by atoms with Gasteiger partial charge in [0.2, 0.25) is 25.4 Å². The second-order valence-electron chi connectivity index (χ2n) is 12.3. The molecule has 4 atom stereocenters. The summed E-state index contributed by atoms with van der Waals surface area (Å²) in [7, 11) is 0. The number of fused-ring (bicyclic) bond motifs is 2. The highest BCUT2D eigenvalue weighted by Crippen LogP contribution is 2.56. The molecular weight excluding hydrogens is 556 g/mol. The minimum atomic E-state index is -0.233. The first-order chi connectivity index (χ1) is 21.7. The Morgan fingerprint density at radius 1 is 0.659 bits per heavy atom. The Morgan fingerprint density at radius 3 is 2.02 bits per heavy atom. The zero-order chi connectivity index (χ0) is 29.9. The van der Waals surface area contributed by atoms with Crippen LogP contribution in [-0.4, -0.2) is 61.4 Å². The van der Waals surface area contributed by atoms with Gasteiger partial charge < -0.3 is 28.7 Å². The molecule has 8 heteroatoms. The number of allylic oxidation sites excluding steroid dienone is 4. The maximum atomic E-state index is 14.2. The monoisotopic (exact) mass is 596 g/mol. The highest BCUT2D eigenvalue weighted by molar-refractivity contribution is 5.88. The van der Waals surface area contributed by atoms with Crippen LogP contribution in [0, 0.1) is 17.8 Å². The fourth-order valence-corrected chi connectivity index (χ4v) is 7.29. The van der Waals surface area contributed by atoms with E-state index in [0.717, 1.165) is 86.7 Å². The third kappa shape index (κ3) is 5.82. The van der Waals surface area contributed by atoms with Crippen LogP contribution in [0.25, 0.3) is 6.08 Å². The van der Waals surface area contributed by atoms with E-state index in [4.69, 9.17) is 18.9 Å². The predicted octanol–water partition coefficient (Wildman–Crippen LogP) is 5.94. The van der Waals surface area contributed by atoms with E-state index in [1.54, 1.807) is 6.08 Å². The number of rotatable bonds is 7. The van der Waals surface area contributed by atoms with Crippen molar-refractivity contribution in [2.45, 2.75) is 44.4 Å². The van der Waals surface area contributed by atoms with Gasteiger partial charge in [0.15, 0.2) is 23.0 Å². The van der Waals surface area contributed by atoms with Crippen molar-refractivity contribution in [3.05, 3.63) is 77.9 Å². The van der Waals surface area contributed by atoms with Gasteiger partial charge in [-0.3, -0.25) is 9.59 Å². The van der Waals surface area contributed by atoms with E-state index in [1.165, 1.54) is 6.42 Å². The lowest BCUT2D eigenvalue weighted by molar-refractivity contribution is -0.144. The second kappa shape index (κ2) is 12.8. The van der Waals surface area contributed by atoms with Gasteiger partial charge >= 0.3 is 0 Å². The first-order valence-electron chi connectivity index (χ1n) is 16.1. The lowest BCUT2D eigenvalue weighted by Gasteiger charge is -2.51. The quantitative estimate of drug-likeness (QED) is 0.291. The molecule has 8 nitrogen and oxygen atoms in total. The maximum Gasteiger partial charge on any atom is 0.246 e.